The predicted octanol–water partition coefficient (Wildman–Crippen LogP) is 13.6. The molecular formula is C48H30. The average Bonchev–Trinajstić information content (AvgIpc) is 3.15. The minimum Gasteiger partial charge on any atom is -0.0616 e. The fourth-order valence-electron chi connectivity index (χ4n) is 7.95. The van der Waals surface area contributed by atoms with Gasteiger partial charge in [-0.3, -0.25) is 0 Å². The SMILES string of the molecule is c1ccc2cc(-c3c4ccccc4cc4ccccc34)c(-c3cc4ccccc4cc3-c3c4ccccc4cc4ccccc34)cc2c1. The molecule has 48 heavy (non-hydrogen) atoms. The first-order valence-electron chi connectivity index (χ1n) is 16.7. The summed E-state index contributed by atoms with van der Waals surface area (Å²) in [7, 11) is 0. The second kappa shape index (κ2) is 10.7. The Hall–Kier alpha value is -6.24. The van der Waals surface area contributed by atoms with Crippen molar-refractivity contribution in [3.05, 3.63) is 182 Å². The maximum Gasteiger partial charge on any atom is -0.00204 e. The zero-order chi connectivity index (χ0) is 31.6. The second-order valence-corrected chi connectivity index (χ2v) is 12.9. The maximum absolute atomic E-state index is 2.43. The summed E-state index contributed by atoms with van der Waals surface area (Å²) in [5, 5.41) is 15.1. The molecule has 10 rings (SSSR count). The number of rotatable bonds is 3. The predicted molar refractivity (Wildman–Crippen MR) is 208 cm³/mol. The van der Waals surface area contributed by atoms with Gasteiger partial charge in [0.25, 0.3) is 0 Å². The van der Waals surface area contributed by atoms with E-state index in [1.165, 1.54) is 98.0 Å². The molecule has 10 aromatic carbocycles. The Bertz CT molecular complexity index is 2580. The van der Waals surface area contributed by atoms with Gasteiger partial charge in [0.1, 0.15) is 0 Å². The molecule has 222 valence electrons. The molecule has 0 atom stereocenters. The van der Waals surface area contributed by atoms with Gasteiger partial charge in [-0.2, -0.15) is 0 Å². The fraction of sp³-hybridized carbons (Fsp3) is 0. The van der Waals surface area contributed by atoms with E-state index in [1.807, 2.05) is 0 Å². The molecular weight excluding hydrogens is 577 g/mol. The van der Waals surface area contributed by atoms with Crippen molar-refractivity contribution in [1.82, 2.24) is 0 Å². The van der Waals surface area contributed by atoms with Gasteiger partial charge >= 0.3 is 0 Å². The summed E-state index contributed by atoms with van der Waals surface area (Å²) in [6.07, 6.45) is 0. The van der Waals surface area contributed by atoms with Gasteiger partial charge < -0.3 is 0 Å². The zero-order valence-electron chi connectivity index (χ0n) is 26.3. The Morgan fingerprint density at radius 2 is 0.417 bits per heavy atom. The van der Waals surface area contributed by atoms with Crippen LogP contribution in [0.1, 0.15) is 0 Å². The summed E-state index contributed by atoms with van der Waals surface area (Å²) in [6.45, 7) is 0. The van der Waals surface area contributed by atoms with Crippen molar-refractivity contribution in [3.63, 3.8) is 0 Å². The number of hydrogen-bond acceptors (Lipinski definition) is 0. The molecule has 0 saturated heterocycles. The Morgan fingerprint density at radius 3 is 0.708 bits per heavy atom. The summed E-state index contributed by atoms with van der Waals surface area (Å²) < 4.78 is 0. The number of hydrogen-bond donors (Lipinski definition) is 0. The van der Waals surface area contributed by atoms with Crippen LogP contribution in [-0.2, 0) is 0 Å². The molecule has 0 amide bonds. The van der Waals surface area contributed by atoms with E-state index in [1.54, 1.807) is 0 Å². The van der Waals surface area contributed by atoms with Crippen LogP contribution >= 0.6 is 0 Å². The van der Waals surface area contributed by atoms with Gasteiger partial charge in [0.15, 0.2) is 0 Å². The van der Waals surface area contributed by atoms with Crippen molar-refractivity contribution in [2.45, 2.75) is 0 Å². The molecule has 0 aliphatic rings. The highest BCUT2D eigenvalue weighted by Gasteiger charge is 2.21. The number of benzene rings is 10. The average molecular weight is 607 g/mol. The molecule has 0 unspecified atom stereocenters. The third kappa shape index (κ3) is 4.16. The molecule has 0 aliphatic carbocycles. The van der Waals surface area contributed by atoms with Crippen LogP contribution in [-0.4, -0.2) is 0 Å². The van der Waals surface area contributed by atoms with Crippen LogP contribution in [0.3, 0.4) is 0 Å². The van der Waals surface area contributed by atoms with Crippen molar-refractivity contribution >= 4 is 64.6 Å². The third-order valence-corrected chi connectivity index (χ3v) is 10.1. The van der Waals surface area contributed by atoms with Gasteiger partial charge in [0.2, 0.25) is 0 Å². The van der Waals surface area contributed by atoms with Crippen LogP contribution in [0.2, 0.25) is 0 Å². The lowest BCUT2D eigenvalue weighted by molar-refractivity contribution is 1.64. The molecule has 0 aliphatic heterocycles. The molecule has 0 fully saturated rings. The lowest BCUT2D eigenvalue weighted by Crippen LogP contribution is -1.94. The molecule has 0 heterocycles. The van der Waals surface area contributed by atoms with E-state index < -0.39 is 0 Å². The van der Waals surface area contributed by atoms with Crippen molar-refractivity contribution in [1.29, 1.82) is 0 Å². The highest BCUT2D eigenvalue weighted by molar-refractivity contribution is 6.20. The lowest BCUT2D eigenvalue weighted by Gasteiger charge is -2.21. The minimum atomic E-state index is 1.24. The largest absolute Gasteiger partial charge is 0.0616 e. The molecule has 0 N–H and O–H groups in total. The van der Waals surface area contributed by atoms with Gasteiger partial charge in [-0.05, 0) is 134 Å². The van der Waals surface area contributed by atoms with E-state index in [0.29, 0.717) is 0 Å². The monoisotopic (exact) mass is 606 g/mol. The van der Waals surface area contributed by atoms with Gasteiger partial charge in [-0.25, -0.2) is 0 Å². The van der Waals surface area contributed by atoms with Crippen molar-refractivity contribution in [2.24, 2.45) is 0 Å². The Kier molecular flexibility index (Phi) is 5.98. The Morgan fingerprint density at radius 1 is 0.188 bits per heavy atom. The quantitative estimate of drug-likeness (QED) is 0.176. The van der Waals surface area contributed by atoms with Gasteiger partial charge in [-0.15, -0.1) is 0 Å². The molecule has 0 aromatic heterocycles. The maximum atomic E-state index is 2.43. The first kappa shape index (κ1) is 26.9. The molecule has 0 saturated carbocycles. The summed E-state index contributed by atoms with van der Waals surface area (Å²) in [6, 6.07) is 67.4. The normalized spacial score (nSPS) is 11.8. The highest BCUT2D eigenvalue weighted by atomic mass is 14.2. The van der Waals surface area contributed by atoms with E-state index in [9.17, 15) is 0 Å². The molecule has 0 heteroatoms. The highest BCUT2D eigenvalue weighted by Crippen LogP contribution is 2.48. The summed E-state index contributed by atoms with van der Waals surface area (Å²) in [5.74, 6) is 0. The van der Waals surface area contributed by atoms with Crippen LogP contribution in [0.15, 0.2) is 182 Å². The first-order chi connectivity index (χ1) is 23.8. The fourth-order valence-corrected chi connectivity index (χ4v) is 7.95. The molecule has 0 spiro atoms. The van der Waals surface area contributed by atoms with Gasteiger partial charge in [0.05, 0.1) is 0 Å². The zero-order valence-corrected chi connectivity index (χ0v) is 26.3. The Labute approximate surface area is 279 Å². The second-order valence-electron chi connectivity index (χ2n) is 12.9. The van der Waals surface area contributed by atoms with E-state index >= 15 is 0 Å². The van der Waals surface area contributed by atoms with Crippen LogP contribution in [0, 0.1) is 0 Å². The van der Waals surface area contributed by atoms with Crippen molar-refractivity contribution in [3.8, 4) is 33.4 Å². The topological polar surface area (TPSA) is 0 Å². The van der Waals surface area contributed by atoms with Crippen molar-refractivity contribution < 1.29 is 0 Å². The van der Waals surface area contributed by atoms with E-state index in [0.717, 1.165) is 0 Å². The van der Waals surface area contributed by atoms with Crippen LogP contribution < -0.4 is 0 Å². The van der Waals surface area contributed by atoms with Gasteiger partial charge in [0, 0.05) is 0 Å². The molecule has 0 nitrogen and oxygen atoms in total. The van der Waals surface area contributed by atoms with E-state index in [-0.39, 0.29) is 0 Å². The summed E-state index contributed by atoms with van der Waals surface area (Å²) in [5.41, 5.74) is 7.56. The van der Waals surface area contributed by atoms with E-state index in [4.69, 9.17) is 0 Å². The summed E-state index contributed by atoms with van der Waals surface area (Å²) in [4.78, 5) is 0. The first-order valence-corrected chi connectivity index (χ1v) is 16.7. The van der Waals surface area contributed by atoms with Crippen LogP contribution in [0.5, 0.6) is 0 Å². The molecule has 0 bridgehead atoms. The van der Waals surface area contributed by atoms with Crippen LogP contribution in [0.25, 0.3) is 98.0 Å². The molecule has 10 aromatic rings. The van der Waals surface area contributed by atoms with Gasteiger partial charge in [-0.1, -0.05) is 146 Å². The number of fused-ring (bicyclic) bond motifs is 6. The standard InChI is InChI=1S/C48H30/c1-3-15-33-29-45(47-39-21-9-5-17-35(39)25-36-18-6-10-22-40(36)47)43(27-31(33)13-1)44-28-32-14-2-4-16-34(32)30-46(44)48-41-23-11-7-19-37(41)26-38-20-8-12-24-42(38)48/h1-30H. The van der Waals surface area contributed by atoms with E-state index in [2.05, 4.69) is 182 Å². The minimum absolute atomic E-state index is 1.24. The third-order valence-electron chi connectivity index (χ3n) is 10.1. The summed E-state index contributed by atoms with van der Waals surface area (Å²) >= 11 is 0. The molecule has 0 radical (unpaired) electrons. The smallest absolute Gasteiger partial charge is 0.00204 e. The van der Waals surface area contributed by atoms with Crippen LogP contribution in [0.4, 0.5) is 0 Å². The Balaban J connectivity index is 1.42. The van der Waals surface area contributed by atoms with Crippen molar-refractivity contribution in [2.75, 3.05) is 0 Å². The lowest BCUT2D eigenvalue weighted by atomic mass is 9.82.